The Bertz CT molecular complexity index is 815. The third kappa shape index (κ3) is 7.89. The van der Waals surface area contributed by atoms with Gasteiger partial charge in [0.1, 0.15) is 11.4 Å². The van der Waals surface area contributed by atoms with Crippen molar-refractivity contribution in [3.8, 4) is 5.75 Å². The summed E-state index contributed by atoms with van der Waals surface area (Å²) in [5.74, 6) is 1.41. The maximum Gasteiger partial charge on any atom is 0.534 e. The summed E-state index contributed by atoms with van der Waals surface area (Å²) in [5.41, 5.74) is -5.72. The van der Waals surface area contributed by atoms with E-state index in [-0.39, 0.29) is 6.42 Å². The second kappa shape index (κ2) is 9.44. The molecule has 29 heavy (non-hydrogen) atoms. The van der Waals surface area contributed by atoms with Gasteiger partial charge in [0.15, 0.2) is 5.92 Å². The van der Waals surface area contributed by atoms with E-state index in [9.17, 15) is 31.2 Å². The van der Waals surface area contributed by atoms with Crippen molar-refractivity contribution >= 4 is 22.1 Å². The molecule has 0 unspecified atom stereocenters. The van der Waals surface area contributed by atoms with Crippen molar-refractivity contribution in [1.29, 1.82) is 0 Å². The molecule has 0 amide bonds. The molecule has 0 aliphatic heterocycles. The van der Waals surface area contributed by atoms with Crippen molar-refractivity contribution in [1.82, 2.24) is 0 Å². The first-order valence-electron chi connectivity index (χ1n) is 8.39. The van der Waals surface area contributed by atoms with Crippen molar-refractivity contribution in [2.24, 2.45) is 11.8 Å². The van der Waals surface area contributed by atoms with E-state index < -0.39 is 44.8 Å². The van der Waals surface area contributed by atoms with Crippen LogP contribution in [0.2, 0.25) is 0 Å². The molecule has 12 heteroatoms. The zero-order valence-corrected chi connectivity index (χ0v) is 16.8. The van der Waals surface area contributed by atoms with E-state index in [1.165, 1.54) is 12.1 Å². The molecular formula is C17H22F3NO7S. The van der Waals surface area contributed by atoms with E-state index in [2.05, 4.69) is 9.02 Å². The van der Waals surface area contributed by atoms with E-state index in [4.69, 9.17) is 10.6 Å². The Morgan fingerprint density at radius 1 is 1.07 bits per heavy atom. The van der Waals surface area contributed by atoms with Gasteiger partial charge in [-0.25, -0.2) is 4.79 Å². The van der Waals surface area contributed by atoms with E-state index in [0.717, 1.165) is 12.1 Å². The molecule has 0 bridgehead atoms. The molecular weight excluding hydrogens is 419 g/mol. The maximum atomic E-state index is 12.3. The van der Waals surface area contributed by atoms with Crippen LogP contribution < -0.4 is 10.1 Å². The molecule has 0 fully saturated rings. The molecule has 8 nitrogen and oxygen atoms in total. The monoisotopic (exact) mass is 441 g/mol. The zero-order valence-electron chi connectivity index (χ0n) is 16.0. The Balaban J connectivity index is 2.70. The second-order valence-corrected chi connectivity index (χ2v) is 8.58. The highest BCUT2D eigenvalue weighted by atomic mass is 32.2. The fourth-order valence-corrected chi connectivity index (χ4v) is 2.64. The van der Waals surface area contributed by atoms with Crippen LogP contribution in [0.1, 0.15) is 39.2 Å². The Morgan fingerprint density at radius 2 is 1.62 bits per heavy atom. The van der Waals surface area contributed by atoms with Crippen LogP contribution >= 0.6 is 0 Å². The van der Waals surface area contributed by atoms with Gasteiger partial charge in [-0.05, 0) is 57.7 Å². The van der Waals surface area contributed by atoms with Crippen LogP contribution in [0.5, 0.6) is 5.75 Å². The zero-order chi connectivity index (χ0) is 22.5. The lowest BCUT2D eigenvalue weighted by Crippen LogP contribution is -2.34. The first-order chi connectivity index (χ1) is 13.2. The minimum Gasteiger partial charge on any atom is -0.459 e. The van der Waals surface area contributed by atoms with Crippen LogP contribution in [0.3, 0.4) is 0 Å². The first-order valence-corrected chi connectivity index (χ1v) is 9.80. The average molecular weight is 441 g/mol. The lowest BCUT2D eigenvalue weighted by atomic mass is 9.99. The SMILES string of the molecule is CC(C)(C)OC(=O)[C@H](CCCc1ccc(OS(=O)(=O)C(F)(F)F)cc1)C(=O)ON. The fraction of sp³-hybridized carbons (Fsp3) is 0.529. The molecule has 0 radical (unpaired) electrons. The van der Waals surface area contributed by atoms with Crippen molar-refractivity contribution < 1.29 is 44.9 Å². The molecule has 1 rings (SSSR count). The van der Waals surface area contributed by atoms with Gasteiger partial charge in [0, 0.05) is 0 Å². The van der Waals surface area contributed by atoms with Crippen molar-refractivity contribution in [2.45, 2.75) is 51.1 Å². The van der Waals surface area contributed by atoms with Gasteiger partial charge in [0.05, 0.1) is 0 Å². The Labute approximate surface area is 166 Å². The summed E-state index contributed by atoms with van der Waals surface area (Å²) < 4.78 is 68.0. The predicted molar refractivity (Wildman–Crippen MR) is 94.6 cm³/mol. The van der Waals surface area contributed by atoms with Crippen molar-refractivity contribution in [3.05, 3.63) is 29.8 Å². The first kappa shape index (κ1) is 24.7. The quantitative estimate of drug-likeness (QED) is 0.215. The highest BCUT2D eigenvalue weighted by Crippen LogP contribution is 2.27. The third-order valence-electron chi connectivity index (χ3n) is 3.46. The lowest BCUT2D eigenvalue weighted by Gasteiger charge is -2.22. The highest BCUT2D eigenvalue weighted by Gasteiger charge is 2.48. The van der Waals surface area contributed by atoms with Gasteiger partial charge >= 0.3 is 27.6 Å². The Kier molecular flexibility index (Phi) is 8.04. The van der Waals surface area contributed by atoms with Crippen LogP contribution in [0.4, 0.5) is 13.2 Å². The second-order valence-electron chi connectivity index (χ2n) is 7.04. The number of rotatable bonds is 8. The van der Waals surface area contributed by atoms with E-state index in [0.29, 0.717) is 18.4 Å². The van der Waals surface area contributed by atoms with E-state index in [1.54, 1.807) is 20.8 Å². The van der Waals surface area contributed by atoms with Crippen molar-refractivity contribution in [3.63, 3.8) is 0 Å². The molecule has 0 aliphatic carbocycles. The van der Waals surface area contributed by atoms with Crippen LogP contribution in [0.25, 0.3) is 0 Å². The third-order valence-corrected chi connectivity index (χ3v) is 4.44. The maximum absolute atomic E-state index is 12.3. The van der Waals surface area contributed by atoms with Crippen molar-refractivity contribution in [2.75, 3.05) is 0 Å². The molecule has 0 aromatic heterocycles. The summed E-state index contributed by atoms with van der Waals surface area (Å²) >= 11 is 0. The summed E-state index contributed by atoms with van der Waals surface area (Å²) in [6.45, 7) is 4.91. The van der Waals surface area contributed by atoms with Crippen LogP contribution in [-0.2, 0) is 35.7 Å². The number of ether oxygens (including phenoxy) is 1. The summed E-state index contributed by atoms with van der Waals surface area (Å²) in [6.07, 6.45) is 0.717. The number of carbonyl (C=O) groups excluding carboxylic acids is 2. The predicted octanol–water partition coefficient (Wildman–Crippen LogP) is 2.61. The minimum atomic E-state index is -5.74. The number of alkyl halides is 3. The minimum absolute atomic E-state index is 0.0612. The summed E-state index contributed by atoms with van der Waals surface area (Å²) in [5, 5.41) is 0. The molecule has 1 atom stereocenters. The van der Waals surface area contributed by atoms with Crippen LogP contribution in [0.15, 0.2) is 24.3 Å². The Hall–Kier alpha value is -2.34. The van der Waals surface area contributed by atoms with E-state index in [1.807, 2.05) is 0 Å². The molecule has 0 heterocycles. The number of hydrogen-bond donors (Lipinski definition) is 1. The number of halogens is 3. The molecule has 0 spiro atoms. The van der Waals surface area contributed by atoms with Gasteiger partial charge in [-0.1, -0.05) is 12.1 Å². The highest BCUT2D eigenvalue weighted by molar-refractivity contribution is 7.88. The van der Waals surface area contributed by atoms with Gasteiger partial charge in [0.25, 0.3) is 0 Å². The number of nitrogens with two attached hydrogens (primary N) is 1. The molecule has 164 valence electrons. The number of carbonyl (C=O) groups is 2. The van der Waals surface area contributed by atoms with Gasteiger partial charge in [-0.3, -0.25) is 4.79 Å². The summed E-state index contributed by atoms with van der Waals surface area (Å²) in [7, 11) is -5.74. The summed E-state index contributed by atoms with van der Waals surface area (Å²) in [4.78, 5) is 28.0. The number of benzene rings is 1. The lowest BCUT2D eigenvalue weighted by molar-refractivity contribution is -0.169. The van der Waals surface area contributed by atoms with E-state index >= 15 is 0 Å². The molecule has 1 aromatic carbocycles. The largest absolute Gasteiger partial charge is 0.534 e. The molecule has 0 aliphatic rings. The summed E-state index contributed by atoms with van der Waals surface area (Å²) in [6, 6.07) is 4.87. The standard InChI is InChI=1S/C17H22F3NO7S/c1-16(2,3)26-14(22)13(15(23)27-21)6-4-5-11-7-9-12(10-8-11)28-29(24,25)17(18,19)20/h7-10,13H,4-6,21H2,1-3H3/t13-/m0/s1. The van der Waals surface area contributed by atoms with Gasteiger partial charge in [0.2, 0.25) is 0 Å². The number of hydrogen-bond acceptors (Lipinski definition) is 8. The topological polar surface area (TPSA) is 122 Å². The van der Waals surface area contributed by atoms with Gasteiger partial charge in [-0.15, -0.1) is 0 Å². The van der Waals surface area contributed by atoms with Gasteiger partial charge < -0.3 is 13.8 Å². The number of esters is 1. The van der Waals surface area contributed by atoms with Gasteiger partial charge in [-0.2, -0.15) is 27.5 Å². The fourth-order valence-electron chi connectivity index (χ4n) is 2.18. The molecule has 0 saturated carbocycles. The normalized spacial score (nSPS) is 13.5. The van der Waals surface area contributed by atoms with Crippen LogP contribution in [-0.4, -0.2) is 31.5 Å². The smallest absolute Gasteiger partial charge is 0.459 e. The molecule has 0 saturated heterocycles. The molecule has 1 aromatic rings. The van der Waals surface area contributed by atoms with Crippen LogP contribution in [0, 0.1) is 5.92 Å². The number of aryl methyl sites for hydroxylation is 1. The Morgan fingerprint density at radius 3 is 2.07 bits per heavy atom. The molecule has 2 N–H and O–H groups in total. The average Bonchev–Trinajstić information content (AvgIpc) is 2.56.